The average Bonchev–Trinajstić information content (AvgIpc) is 2.81. The van der Waals surface area contributed by atoms with E-state index >= 15 is 0 Å². The largest absolute Gasteiger partial charge is 0.298 e. The summed E-state index contributed by atoms with van der Waals surface area (Å²) >= 11 is 0. The summed E-state index contributed by atoms with van der Waals surface area (Å²) in [5.74, 6) is 0.218. The maximum atomic E-state index is 13.2. The van der Waals surface area contributed by atoms with Crippen LogP contribution < -0.4 is 0 Å². The van der Waals surface area contributed by atoms with Gasteiger partial charge in [-0.25, -0.2) is 4.39 Å². The van der Waals surface area contributed by atoms with Crippen LogP contribution in [0.3, 0.4) is 0 Å². The highest BCUT2D eigenvalue weighted by Crippen LogP contribution is 2.19. The summed E-state index contributed by atoms with van der Waals surface area (Å²) in [6.07, 6.45) is 2.44. The molecule has 0 aliphatic rings. The Morgan fingerprint density at radius 2 is 2.06 bits per heavy atom. The first kappa shape index (κ1) is 10.6. The summed E-state index contributed by atoms with van der Waals surface area (Å²) in [5.41, 5.74) is 1.72. The molecule has 2 heterocycles. The van der Waals surface area contributed by atoms with Crippen molar-refractivity contribution >= 4 is 11.9 Å². The summed E-state index contributed by atoms with van der Waals surface area (Å²) < 4.78 is 14.9. The highest BCUT2D eigenvalue weighted by atomic mass is 19.1. The molecular formula is C13H8FN3O. The Bertz CT molecular complexity index is 736. The van der Waals surface area contributed by atoms with E-state index in [1.807, 2.05) is 0 Å². The van der Waals surface area contributed by atoms with E-state index in [1.165, 1.54) is 12.1 Å². The predicted octanol–water partition coefficient (Wildman–Crippen LogP) is 2.35. The lowest BCUT2D eigenvalue weighted by atomic mass is 10.2. The Morgan fingerprint density at radius 3 is 2.83 bits per heavy atom. The third kappa shape index (κ3) is 1.66. The molecule has 0 aliphatic carbocycles. The Morgan fingerprint density at radius 1 is 1.17 bits per heavy atom. The van der Waals surface area contributed by atoms with Crippen molar-refractivity contribution in [3.8, 4) is 11.4 Å². The van der Waals surface area contributed by atoms with Gasteiger partial charge in [0.2, 0.25) is 0 Å². The van der Waals surface area contributed by atoms with Crippen LogP contribution in [-0.4, -0.2) is 20.9 Å². The van der Waals surface area contributed by atoms with E-state index in [-0.39, 0.29) is 5.82 Å². The zero-order valence-corrected chi connectivity index (χ0v) is 9.25. The molecule has 0 aliphatic heterocycles. The number of pyridine rings is 1. The van der Waals surface area contributed by atoms with Crippen LogP contribution in [0.2, 0.25) is 0 Å². The van der Waals surface area contributed by atoms with Gasteiger partial charge in [0.15, 0.2) is 11.5 Å². The molecule has 3 aromatic rings. The molecule has 0 N–H and O–H groups in total. The van der Waals surface area contributed by atoms with Crippen LogP contribution in [0.4, 0.5) is 4.39 Å². The molecule has 1 aromatic carbocycles. The minimum Gasteiger partial charge on any atom is -0.298 e. The molecule has 5 heteroatoms. The number of hydrogen-bond acceptors (Lipinski definition) is 3. The van der Waals surface area contributed by atoms with E-state index < -0.39 is 0 Å². The molecule has 0 fully saturated rings. The highest BCUT2D eigenvalue weighted by Gasteiger charge is 2.08. The van der Waals surface area contributed by atoms with Crippen molar-refractivity contribution in [1.29, 1.82) is 0 Å². The first-order valence-corrected chi connectivity index (χ1v) is 5.34. The monoisotopic (exact) mass is 241 g/mol. The van der Waals surface area contributed by atoms with Crippen molar-refractivity contribution in [2.24, 2.45) is 0 Å². The van der Waals surface area contributed by atoms with Gasteiger partial charge in [-0.05, 0) is 24.3 Å². The number of rotatable bonds is 2. The predicted molar refractivity (Wildman–Crippen MR) is 63.8 cm³/mol. The molecule has 0 spiro atoms. The Labute approximate surface area is 102 Å². The van der Waals surface area contributed by atoms with Gasteiger partial charge in [0.25, 0.3) is 0 Å². The van der Waals surface area contributed by atoms with Gasteiger partial charge in [0.1, 0.15) is 12.1 Å². The molecule has 18 heavy (non-hydrogen) atoms. The van der Waals surface area contributed by atoms with Gasteiger partial charge < -0.3 is 0 Å². The number of hydrogen-bond donors (Lipinski definition) is 0. The van der Waals surface area contributed by atoms with Crippen LogP contribution in [0.25, 0.3) is 17.0 Å². The van der Waals surface area contributed by atoms with Gasteiger partial charge in [0, 0.05) is 17.3 Å². The molecule has 4 nitrogen and oxygen atoms in total. The van der Waals surface area contributed by atoms with Crippen LogP contribution in [0.1, 0.15) is 10.4 Å². The van der Waals surface area contributed by atoms with Crippen molar-refractivity contribution in [2.45, 2.75) is 0 Å². The van der Waals surface area contributed by atoms with E-state index in [2.05, 4.69) is 10.2 Å². The molecule has 2 aromatic heterocycles. The topological polar surface area (TPSA) is 47.3 Å². The van der Waals surface area contributed by atoms with Gasteiger partial charge in [-0.15, -0.1) is 10.2 Å². The van der Waals surface area contributed by atoms with E-state index in [4.69, 9.17) is 0 Å². The fourth-order valence-corrected chi connectivity index (χ4v) is 1.80. The quantitative estimate of drug-likeness (QED) is 0.647. The number of aromatic nitrogens is 3. The number of carbonyl (C=O) groups is 1. The van der Waals surface area contributed by atoms with E-state index in [0.29, 0.717) is 22.6 Å². The highest BCUT2D eigenvalue weighted by molar-refractivity contribution is 5.77. The van der Waals surface area contributed by atoms with Crippen molar-refractivity contribution in [3.63, 3.8) is 0 Å². The van der Waals surface area contributed by atoms with Crippen LogP contribution in [0.15, 0.2) is 42.6 Å². The lowest BCUT2D eigenvalue weighted by Gasteiger charge is -2.00. The number of fused-ring (bicyclic) bond motifs is 1. The van der Waals surface area contributed by atoms with Crippen LogP contribution in [0, 0.1) is 5.82 Å². The summed E-state index contributed by atoms with van der Waals surface area (Å²) in [6.45, 7) is 0. The molecule has 0 atom stereocenters. The Hall–Kier alpha value is -2.56. The smallest absolute Gasteiger partial charge is 0.168 e. The van der Waals surface area contributed by atoms with Gasteiger partial charge in [0.05, 0.1) is 0 Å². The number of nitrogens with zero attached hydrogens (tertiary/aromatic N) is 3. The maximum Gasteiger partial charge on any atom is 0.168 e. The zero-order valence-electron chi connectivity index (χ0n) is 9.25. The van der Waals surface area contributed by atoms with Crippen LogP contribution in [0.5, 0.6) is 0 Å². The molecule has 0 unspecified atom stereocenters. The lowest BCUT2D eigenvalue weighted by molar-refractivity contribution is 0.112. The third-order valence-electron chi connectivity index (χ3n) is 2.65. The molecular weight excluding hydrogens is 233 g/mol. The van der Waals surface area contributed by atoms with Crippen LogP contribution in [-0.2, 0) is 0 Å². The van der Waals surface area contributed by atoms with Crippen molar-refractivity contribution < 1.29 is 9.18 Å². The SMILES string of the molecule is O=Cc1ccn2c(-c3cccc(F)c3)nnc2c1. The summed E-state index contributed by atoms with van der Waals surface area (Å²) in [6, 6.07) is 9.43. The summed E-state index contributed by atoms with van der Waals surface area (Å²) in [7, 11) is 0. The van der Waals surface area contributed by atoms with Gasteiger partial charge in [-0.3, -0.25) is 9.20 Å². The molecule has 3 rings (SSSR count). The number of aldehydes is 1. The van der Waals surface area contributed by atoms with Crippen LogP contribution >= 0.6 is 0 Å². The second-order valence-electron chi connectivity index (χ2n) is 3.84. The van der Waals surface area contributed by atoms with Gasteiger partial charge in [-0.1, -0.05) is 12.1 Å². The zero-order chi connectivity index (χ0) is 12.5. The standard InChI is InChI=1S/C13H8FN3O/c14-11-3-1-2-10(7-11)13-16-15-12-6-9(8-18)4-5-17(12)13/h1-8H. The molecule has 0 radical (unpaired) electrons. The van der Waals surface area contributed by atoms with Gasteiger partial charge >= 0.3 is 0 Å². The molecule has 88 valence electrons. The lowest BCUT2D eigenvalue weighted by Crippen LogP contribution is -1.91. The minimum absolute atomic E-state index is 0.325. The second-order valence-corrected chi connectivity index (χ2v) is 3.84. The fraction of sp³-hybridized carbons (Fsp3) is 0. The summed E-state index contributed by atoms with van der Waals surface area (Å²) in [5, 5.41) is 7.98. The molecule has 0 bridgehead atoms. The molecule has 0 amide bonds. The van der Waals surface area contributed by atoms with E-state index in [0.717, 1.165) is 6.29 Å². The normalized spacial score (nSPS) is 10.7. The summed E-state index contributed by atoms with van der Waals surface area (Å²) in [4.78, 5) is 10.7. The third-order valence-corrected chi connectivity index (χ3v) is 2.65. The Balaban J connectivity index is 2.21. The van der Waals surface area contributed by atoms with Crippen molar-refractivity contribution in [3.05, 3.63) is 54.0 Å². The minimum atomic E-state index is -0.325. The Kier molecular flexibility index (Phi) is 2.37. The number of benzene rings is 1. The first-order valence-electron chi connectivity index (χ1n) is 5.34. The molecule has 0 saturated heterocycles. The number of carbonyl (C=O) groups excluding carboxylic acids is 1. The van der Waals surface area contributed by atoms with E-state index in [9.17, 15) is 9.18 Å². The van der Waals surface area contributed by atoms with E-state index in [1.54, 1.807) is 34.9 Å². The fourth-order valence-electron chi connectivity index (χ4n) is 1.80. The molecule has 0 saturated carbocycles. The second kappa shape index (κ2) is 4.03. The van der Waals surface area contributed by atoms with Gasteiger partial charge in [-0.2, -0.15) is 0 Å². The van der Waals surface area contributed by atoms with Crippen molar-refractivity contribution in [1.82, 2.24) is 14.6 Å². The average molecular weight is 241 g/mol. The first-order chi connectivity index (χ1) is 8.78. The maximum absolute atomic E-state index is 13.2. The van der Waals surface area contributed by atoms with Crippen molar-refractivity contribution in [2.75, 3.05) is 0 Å². The number of halogens is 1.